The largest absolute Gasteiger partial charge is 0.459 e. The fourth-order valence-electron chi connectivity index (χ4n) is 2.52. The van der Waals surface area contributed by atoms with Crippen LogP contribution in [0.4, 0.5) is 0 Å². The van der Waals surface area contributed by atoms with E-state index < -0.39 is 10.0 Å². The van der Waals surface area contributed by atoms with Gasteiger partial charge in [-0.2, -0.15) is 0 Å². The van der Waals surface area contributed by atoms with Crippen LogP contribution in [-0.4, -0.2) is 27.4 Å². The second-order valence-corrected chi connectivity index (χ2v) is 7.06. The summed E-state index contributed by atoms with van der Waals surface area (Å²) in [5.41, 5.74) is 2.42. The number of carbonyl (C=O) groups is 1. The third-order valence-electron chi connectivity index (χ3n) is 3.32. The highest BCUT2D eigenvalue weighted by atomic mass is 32.2. The van der Waals surface area contributed by atoms with Crippen LogP contribution in [-0.2, 0) is 10.0 Å². The van der Waals surface area contributed by atoms with E-state index in [1.807, 2.05) is 19.1 Å². The van der Waals surface area contributed by atoms with Crippen molar-refractivity contribution in [1.29, 1.82) is 0 Å². The normalized spacial score (nSPS) is 11.4. The standard InChI is InChI=1S/C16H20N2O4S/c1-11-9-12(2)15(13(3)10-11)23(20,21)18-7-6-17-16(19)14-5-4-8-22-14/h4-5,8-10,18H,6-7H2,1-3H3,(H,17,19). The molecule has 0 unspecified atom stereocenters. The van der Waals surface area contributed by atoms with Gasteiger partial charge in [0.25, 0.3) is 5.91 Å². The fraction of sp³-hybridized carbons (Fsp3) is 0.312. The van der Waals surface area contributed by atoms with Crippen molar-refractivity contribution >= 4 is 15.9 Å². The van der Waals surface area contributed by atoms with Gasteiger partial charge in [0.05, 0.1) is 11.2 Å². The molecule has 1 aromatic heterocycles. The van der Waals surface area contributed by atoms with Gasteiger partial charge in [-0.1, -0.05) is 17.7 Å². The zero-order valence-electron chi connectivity index (χ0n) is 13.3. The van der Waals surface area contributed by atoms with Crippen molar-refractivity contribution in [3.8, 4) is 0 Å². The SMILES string of the molecule is Cc1cc(C)c(S(=O)(=O)NCCNC(=O)c2ccco2)c(C)c1. The lowest BCUT2D eigenvalue weighted by Crippen LogP contribution is -2.35. The van der Waals surface area contributed by atoms with E-state index >= 15 is 0 Å². The second kappa shape index (κ2) is 6.97. The third-order valence-corrected chi connectivity index (χ3v) is 5.09. The summed E-state index contributed by atoms with van der Waals surface area (Å²) < 4.78 is 32.3. The number of rotatable bonds is 6. The predicted octanol–water partition coefficient (Wildman–Crippen LogP) is 1.91. The highest BCUT2D eigenvalue weighted by Crippen LogP contribution is 2.21. The van der Waals surface area contributed by atoms with Gasteiger partial charge in [0, 0.05) is 13.1 Å². The molecular weight excluding hydrogens is 316 g/mol. The van der Waals surface area contributed by atoms with Gasteiger partial charge in [0.2, 0.25) is 10.0 Å². The maximum Gasteiger partial charge on any atom is 0.287 e. The topological polar surface area (TPSA) is 88.4 Å². The summed E-state index contributed by atoms with van der Waals surface area (Å²) in [6.07, 6.45) is 1.40. The van der Waals surface area contributed by atoms with Gasteiger partial charge in [0.1, 0.15) is 0 Å². The molecule has 1 aromatic carbocycles. The Bertz CT molecular complexity index is 772. The molecule has 2 N–H and O–H groups in total. The number of hydrogen-bond acceptors (Lipinski definition) is 4. The Morgan fingerprint density at radius 2 is 1.78 bits per heavy atom. The van der Waals surface area contributed by atoms with Crippen molar-refractivity contribution in [3.05, 3.63) is 53.0 Å². The van der Waals surface area contributed by atoms with Gasteiger partial charge in [-0.25, -0.2) is 13.1 Å². The molecule has 0 atom stereocenters. The Morgan fingerprint density at radius 3 is 2.35 bits per heavy atom. The molecule has 2 aromatic rings. The highest BCUT2D eigenvalue weighted by molar-refractivity contribution is 7.89. The van der Waals surface area contributed by atoms with E-state index in [-0.39, 0.29) is 24.8 Å². The van der Waals surface area contributed by atoms with E-state index in [0.717, 1.165) is 5.56 Å². The highest BCUT2D eigenvalue weighted by Gasteiger charge is 2.19. The Balaban J connectivity index is 1.96. The molecule has 2 rings (SSSR count). The molecule has 0 aliphatic rings. The maximum atomic E-state index is 12.4. The molecule has 0 fully saturated rings. The van der Waals surface area contributed by atoms with Gasteiger partial charge < -0.3 is 9.73 Å². The number of hydrogen-bond donors (Lipinski definition) is 2. The molecule has 124 valence electrons. The van der Waals surface area contributed by atoms with Crippen LogP contribution in [0.5, 0.6) is 0 Å². The average molecular weight is 336 g/mol. The molecule has 0 radical (unpaired) electrons. The van der Waals surface area contributed by atoms with Crippen LogP contribution in [0.15, 0.2) is 39.8 Å². The van der Waals surface area contributed by atoms with Gasteiger partial charge in [0.15, 0.2) is 5.76 Å². The molecule has 7 heteroatoms. The number of amides is 1. The van der Waals surface area contributed by atoms with E-state index in [1.54, 1.807) is 26.0 Å². The van der Waals surface area contributed by atoms with Crippen LogP contribution in [0, 0.1) is 20.8 Å². The summed E-state index contributed by atoms with van der Waals surface area (Å²) in [4.78, 5) is 12.0. The average Bonchev–Trinajstić information content (AvgIpc) is 2.96. The predicted molar refractivity (Wildman–Crippen MR) is 86.9 cm³/mol. The number of nitrogens with one attached hydrogen (secondary N) is 2. The minimum Gasteiger partial charge on any atom is -0.459 e. The molecule has 0 aliphatic heterocycles. The van der Waals surface area contributed by atoms with Gasteiger partial charge >= 0.3 is 0 Å². The first-order valence-electron chi connectivity index (χ1n) is 7.20. The van der Waals surface area contributed by atoms with Crippen LogP contribution in [0.2, 0.25) is 0 Å². The molecule has 0 spiro atoms. The smallest absolute Gasteiger partial charge is 0.287 e. The minimum atomic E-state index is -3.61. The maximum absolute atomic E-state index is 12.4. The van der Waals surface area contributed by atoms with Gasteiger partial charge in [-0.05, 0) is 44.0 Å². The lowest BCUT2D eigenvalue weighted by molar-refractivity contribution is 0.0926. The summed E-state index contributed by atoms with van der Waals surface area (Å²) >= 11 is 0. The number of aryl methyl sites for hydroxylation is 3. The number of benzene rings is 1. The molecule has 1 heterocycles. The Morgan fingerprint density at radius 1 is 1.13 bits per heavy atom. The van der Waals surface area contributed by atoms with Crippen molar-refractivity contribution in [2.24, 2.45) is 0 Å². The Labute approximate surface area is 135 Å². The molecule has 0 saturated heterocycles. The number of sulfonamides is 1. The first-order valence-corrected chi connectivity index (χ1v) is 8.69. The van der Waals surface area contributed by atoms with Crippen LogP contribution < -0.4 is 10.0 Å². The molecule has 0 aliphatic carbocycles. The van der Waals surface area contributed by atoms with Crippen molar-refractivity contribution in [3.63, 3.8) is 0 Å². The molecule has 0 bridgehead atoms. The third kappa shape index (κ3) is 4.20. The summed E-state index contributed by atoms with van der Waals surface area (Å²) in [6.45, 7) is 5.73. The van der Waals surface area contributed by atoms with Crippen LogP contribution in [0.3, 0.4) is 0 Å². The van der Waals surface area contributed by atoms with E-state index in [4.69, 9.17) is 4.42 Å². The zero-order valence-corrected chi connectivity index (χ0v) is 14.2. The van der Waals surface area contributed by atoms with Gasteiger partial charge in [-0.3, -0.25) is 4.79 Å². The Hall–Kier alpha value is -2.12. The molecule has 1 amide bonds. The van der Waals surface area contributed by atoms with Crippen LogP contribution in [0.1, 0.15) is 27.2 Å². The van der Waals surface area contributed by atoms with E-state index in [0.29, 0.717) is 16.0 Å². The summed E-state index contributed by atoms with van der Waals surface area (Å²) in [5, 5.41) is 2.59. The summed E-state index contributed by atoms with van der Waals surface area (Å²) in [7, 11) is -3.61. The monoisotopic (exact) mass is 336 g/mol. The molecular formula is C16H20N2O4S. The quantitative estimate of drug-likeness (QED) is 0.789. The van der Waals surface area contributed by atoms with Crippen LogP contribution in [0.25, 0.3) is 0 Å². The lowest BCUT2D eigenvalue weighted by atomic mass is 10.1. The summed E-state index contributed by atoms with van der Waals surface area (Å²) in [6, 6.07) is 6.82. The first-order chi connectivity index (χ1) is 10.8. The van der Waals surface area contributed by atoms with Crippen molar-refractivity contribution in [1.82, 2.24) is 10.0 Å². The number of furan rings is 1. The Kier molecular flexibility index (Phi) is 5.23. The first kappa shape index (κ1) is 17.2. The minimum absolute atomic E-state index is 0.0987. The number of carbonyl (C=O) groups excluding carboxylic acids is 1. The summed E-state index contributed by atoms with van der Waals surface area (Å²) in [5.74, 6) is -0.185. The second-order valence-electron chi connectivity index (χ2n) is 5.36. The fourth-order valence-corrected chi connectivity index (χ4v) is 4.00. The van der Waals surface area contributed by atoms with E-state index in [2.05, 4.69) is 10.0 Å². The van der Waals surface area contributed by atoms with E-state index in [1.165, 1.54) is 6.26 Å². The van der Waals surface area contributed by atoms with Gasteiger partial charge in [-0.15, -0.1) is 0 Å². The molecule has 0 saturated carbocycles. The van der Waals surface area contributed by atoms with Crippen molar-refractivity contribution in [2.75, 3.05) is 13.1 Å². The lowest BCUT2D eigenvalue weighted by Gasteiger charge is -2.13. The molecule has 23 heavy (non-hydrogen) atoms. The van der Waals surface area contributed by atoms with Crippen LogP contribution >= 0.6 is 0 Å². The van der Waals surface area contributed by atoms with E-state index in [9.17, 15) is 13.2 Å². The zero-order chi connectivity index (χ0) is 17.0. The van der Waals surface area contributed by atoms with Crippen molar-refractivity contribution < 1.29 is 17.6 Å². The van der Waals surface area contributed by atoms with Crippen molar-refractivity contribution in [2.45, 2.75) is 25.7 Å². The molecule has 6 nitrogen and oxygen atoms in total.